The topological polar surface area (TPSA) is 28.4 Å². The first kappa shape index (κ1) is 30.6. The standard InChI is InChI=1S/C45H38N2O/c1-6-7-23-42-44(46-40-22-15-21-39-43(40)36-19-11-12-20-38(36)45(39,4)5)37-30-33(24-25-41(37)48-42)34-26-28-47(35-17-9-8-10-18-35)27-14-13-16-31(2)32(3)29-34/h6-30,46H,1-3H2,4-5H3/b16-13-,23-7-,27-14-,28-26-,34-29+. The Morgan fingerprint density at radius 2 is 1.58 bits per heavy atom. The van der Waals surface area contributed by atoms with Gasteiger partial charge in [-0.05, 0) is 93.6 Å². The highest BCUT2D eigenvalue weighted by Crippen LogP contribution is 2.52. The van der Waals surface area contributed by atoms with Crippen molar-refractivity contribution in [1.82, 2.24) is 0 Å². The summed E-state index contributed by atoms with van der Waals surface area (Å²) in [6.45, 7) is 17.1. The van der Waals surface area contributed by atoms with Crippen LogP contribution in [0.2, 0.25) is 0 Å². The van der Waals surface area contributed by atoms with Crippen LogP contribution in [0.25, 0.3) is 33.7 Å². The lowest BCUT2D eigenvalue weighted by Gasteiger charge is -2.21. The zero-order valence-electron chi connectivity index (χ0n) is 27.4. The van der Waals surface area contributed by atoms with Crippen molar-refractivity contribution in [2.24, 2.45) is 0 Å². The van der Waals surface area contributed by atoms with Gasteiger partial charge in [-0.2, -0.15) is 0 Å². The molecule has 0 amide bonds. The van der Waals surface area contributed by atoms with Gasteiger partial charge in [0.1, 0.15) is 5.58 Å². The third-order valence-corrected chi connectivity index (χ3v) is 9.17. The average molecular weight is 623 g/mol. The number of benzene rings is 4. The van der Waals surface area contributed by atoms with Crippen LogP contribution in [-0.4, -0.2) is 0 Å². The number of anilines is 3. The number of para-hydroxylation sites is 1. The normalized spacial score (nSPS) is 18.5. The van der Waals surface area contributed by atoms with Gasteiger partial charge in [-0.15, -0.1) is 0 Å². The Morgan fingerprint density at radius 1 is 0.792 bits per heavy atom. The van der Waals surface area contributed by atoms with E-state index in [1.807, 2.05) is 60.8 Å². The first-order valence-corrected chi connectivity index (χ1v) is 16.2. The lowest BCUT2D eigenvalue weighted by Crippen LogP contribution is -2.14. The van der Waals surface area contributed by atoms with Crippen LogP contribution in [-0.2, 0) is 5.41 Å². The summed E-state index contributed by atoms with van der Waals surface area (Å²) in [7, 11) is 0. The maximum absolute atomic E-state index is 6.46. The fourth-order valence-corrected chi connectivity index (χ4v) is 6.60. The van der Waals surface area contributed by atoms with Crippen molar-refractivity contribution in [2.45, 2.75) is 19.3 Å². The summed E-state index contributed by atoms with van der Waals surface area (Å²) < 4.78 is 6.46. The molecule has 2 heterocycles. The molecule has 0 unspecified atom stereocenters. The van der Waals surface area contributed by atoms with Crippen molar-refractivity contribution < 1.29 is 4.42 Å². The monoisotopic (exact) mass is 622 g/mol. The van der Waals surface area contributed by atoms with Crippen molar-refractivity contribution in [3.8, 4) is 11.1 Å². The molecule has 1 aliphatic carbocycles. The quantitative estimate of drug-likeness (QED) is 0.191. The molecule has 1 aromatic heterocycles. The zero-order valence-corrected chi connectivity index (χ0v) is 27.4. The molecule has 1 N–H and O–H groups in total. The highest BCUT2D eigenvalue weighted by Gasteiger charge is 2.36. The highest BCUT2D eigenvalue weighted by atomic mass is 16.3. The molecule has 1 aliphatic heterocycles. The molecule has 0 atom stereocenters. The van der Waals surface area contributed by atoms with Gasteiger partial charge in [0.15, 0.2) is 5.76 Å². The van der Waals surface area contributed by atoms with Gasteiger partial charge < -0.3 is 14.6 Å². The van der Waals surface area contributed by atoms with Crippen LogP contribution >= 0.6 is 0 Å². The third-order valence-electron chi connectivity index (χ3n) is 9.17. The number of nitrogens with zero attached hydrogens (tertiary/aromatic N) is 1. The van der Waals surface area contributed by atoms with Crippen molar-refractivity contribution in [3.05, 3.63) is 199 Å². The third kappa shape index (κ3) is 5.61. The molecule has 3 heteroatoms. The van der Waals surface area contributed by atoms with E-state index in [-0.39, 0.29) is 5.41 Å². The smallest absolute Gasteiger partial charge is 0.151 e. The Labute approximate surface area is 283 Å². The first-order valence-electron chi connectivity index (χ1n) is 16.2. The molecule has 5 aromatic rings. The second kappa shape index (κ2) is 12.6. The molecule has 3 nitrogen and oxygen atoms in total. The van der Waals surface area contributed by atoms with Crippen LogP contribution in [0.15, 0.2) is 181 Å². The van der Waals surface area contributed by atoms with Gasteiger partial charge in [0.2, 0.25) is 0 Å². The fourth-order valence-electron chi connectivity index (χ4n) is 6.60. The molecular formula is C45H38N2O. The summed E-state index contributed by atoms with van der Waals surface area (Å²) in [6, 6.07) is 31.9. The molecule has 0 bridgehead atoms. The number of hydrogen-bond acceptors (Lipinski definition) is 3. The molecule has 2 aliphatic rings. The minimum Gasteiger partial charge on any atom is -0.454 e. The van der Waals surface area contributed by atoms with Crippen LogP contribution in [0.3, 0.4) is 0 Å². The lowest BCUT2D eigenvalue weighted by molar-refractivity contribution is 0.605. The first-order chi connectivity index (χ1) is 23.3. The minimum atomic E-state index is -0.0985. The summed E-state index contributed by atoms with van der Waals surface area (Å²) in [6.07, 6.45) is 19.9. The summed E-state index contributed by atoms with van der Waals surface area (Å²) >= 11 is 0. The SMILES string of the molecule is C=C/C=C\c1oc2ccc(C3=C/C(=C)C(=C)/C=C\C=C/N(c4ccccc4)/C=C\3)cc2c1Nc1cccc2c1-c1ccccc1C2(C)C. The Bertz CT molecular complexity index is 2230. The Balaban J connectivity index is 1.37. The van der Waals surface area contributed by atoms with E-state index in [0.29, 0.717) is 0 Å². The number of fused-ring (bicyclic) bond motifs is 4. The molecule has 0 fully saturated rings. The molecular weight excluding hydrogens is 585 g/mol. The van der Waals surface area contributed by atoms with Gasteiger partial charge in [0, 0.05) is 40.1 Å². The van der Waals surface area contributed by atoms with E-state index < -0.39 is 0 Å². The Kier molecular flexibility index (Phi) is 8.04. The average Bonchev–Trinajstić information content (AvgIpc) is 3.56. The molecule has 0 radical (unpaired) electrons. The van der Waals surface area contributed by atoms with Crippen molar-refractivity contribution >= 4 is 39.7 Å². The van der Waals surface area contributed by atoms with Crippen LogP contribution < -0.4 is 10.2 Å². The predicted octanol–water partition coefficient (Wildman–Crippen LogP) is 12.3. The molecule has 7 rings (SSSR count). The van der Waals surface area contributed by atoms with Gasteiger partial charge in [-0.3, -0.25) is 0 Å². The minimum absolute atomic E-state index is 0.0985. The van der Waals surface area contributed by atoms with Gasteiger partial charge in [0.05, 0.1) is 5.69 Å². The number of hydrogen-bond donors (Lipinski definition) is 1. The van der Waals surface area contributed by atoms with E-state index in [9.17, 15) is 0 Å². The number of furan rings is 1. The van der Waals surface area contributed by atoms with Crippen LogP contribution in [0, 0.1) is 0 Å². The van der Waals surface area contributed by atoms with E-state index in [4.69, 9.17) is 4.42 Å². The fraction of sp³-hybridized carbons (Fsp3) is 0.0667. The van der Waals surface area contributed by atoms with Crippen molar-refractivity contribution in [2.75, 3.05) is 10.2 Å². The Morgan fingerprint density at radius 3 is 2.42 bits per heavy atom. The Hall–Kier alpha value is -6.06. The van der Waals surface area contributed by atoms with Crippen LogP contribution in [0.5, 0.6) is 0 Å². The molecule has 48 heavy (non-hydrogen) atoms. The van der Waals surface area contributed by atoms with E-state index in [1.54, 1.807) is 6.08 Å². The van der Waals surface area contributed by atoms with Gasteiger partial charge >= 0.3 is 0 Å². The van der Waals surface area contributed by atoms with E-state index in [1.165, 1.54) is 22.3 Å². The largest absolute Gasteiger partial charge is 0.454 e. The van der Waals surface area contributed by atoms with Gasteiger partial charge in [0.25, 0.3) is 0 Å². The van der Waals surface area contributed by atoms with Crippen molar-refractivity contribution in [1.29, 1.82) is 0 Å². The zero-order chi connectivity index (χ0) is 33.3. The second-order valence-electron chi connectivity index (χ2n) is 12.6. The van der Waals surface area contributed by atoms with Crippen LogP contribution in [0.1, 0.15) is 36.3 Å². The summed E-state index contributed by atoms with van der Waals surface area (Å²) in [4.78, 5) is 2.10. The van der Waals surface area contributed by atoms with E-state index in [0.717, 1.165) is 56.1 Å². The number of nitrogens with one attached hydrogen (secondary N) is 1. The lowest BCUT2D eigenvalue weighted by atomic mass is 9.82. The number of allylic oxidation sites excluding steroid dienone is 10. The van der Waals surface area contributed by atoms with Gasteiger partial charge in [-0.25, -0.2) is 0 Å². The summed E-state index contributed by atoms with van der Waals surface area (Å²) in [5, 5.41) is 4.81. The van der Waals surface area contributed by atoms with E-state index in [2.05, 4.69) is 129 Å². The molecule has 4 aromatic carbocycles. The molecule has 0 saturated heterocycles. The maximum Gasteiger partial charge on any atom is 0.151 e. The molecule has 234 valence electrons. The van der Waals surface area contributed by atoms with E-state index >= 15 is 0 Å². The van der Waals surface area contributed by atoms with Crippen LogP contribution in [0.4, 0.5) is 17.1 Å². The maximum atomic E-state index is 6.46. The number of rotatable bonds is 6. The second-order valence-corrected chi connectivity index (χ2v) is 12.6. The van der Waals surface area contributed by atoms with Crippen molar-refractivity contribution in [3.63, 3.8) is 0 Å². The summed E-state index contributed by atoms with van der Waals surface area (Å²) in [5.41, 5.74) is 12.6. The van der Waals surface area contributed by atoms with Gasteiger partial charge in [-0.1, -0.05) is 119 Å². The predicted molar refractivity (Wildman–Crippen MR) is 205 cm³/mol. The molecule has 0 saturated carbocycles. The highest BCUT2D eigenvalue weighted by molar-refractivity contribution is 6.01. The summed E-state index contributed by atoms with van der Waals surface area (Å²) in [5.74, 6) is 0.737. The molecule has 0 spiro atoms.